The standard InChI is InChI=1S/C21H16F3N5O2S/c1-10-3-5-11(6-4-10)12-9-14(21(22,23)24)26-20-15(12)16(17(32-20)18(25)30)27-19(31)13-7-8-29(2)28-13/h3-9H,1-2H3,(H2,25,30)(H,27,31). The number of thiophene rings is 1. The van der Waals surface area contributed by atoms with E-state index in [1.807, 2.05) is 6.92 Å². The van der Waals surface area contributed by atoms with Crippen molar-refractivity contribution in [1.29, 1.82) is 0 Å². The van der Waals surface area contributed by atoms with E-state index in [2.05, 4.69) is 15.4 Å². The van der Waals surface area contributed by atoms with Crippen LogP contribution in [0, 0.1) is 6.92 Å². The Kier molecular flexibility index (Phi) is 5.21. The number of pyridine rings is 1. The van der Waals surface area contributed by atoms with Crippen molar-refractivity contribution >= 4 is 39.1 Å². The van der Waals surface area contributed by atoms with Crippen molar-refractivity contribution in [3.8, 4) is 11.1 Å². The first kappa shape index (κ1) is 21.5. The van der Waals surface area contributed by atoms with Gasteiger partial charge in [-0.15, -0.1) is 11.3 Å². The highest BCUT2D eigenvalue weighted by Crippen LogP contribution is 2.43. The van der Waals surface area contributed by atoms with Crippen LogP contribution in [0.1, 0.15) is 31.4 Å². The van der Waals surface area contributed by atoms with Gasteiger partial charge in [0.1, 0.15) is 15.4 Å². The van der Waals surface area contributed by atoms with Gasteiger partial charge in [-0.05, 0) is 30.2 Å². The van der Waals surface area contributed by atoms with Crippen molar-refractivity contribution in [3.63, 3.8) is 0 Å². The van der Waals surface area contributed by atoms with Crippen molar-refractivity contribution in [3.05, 3.63) is 64.4 Å². The van der Waals surface area contributed by atoms with Gasteiger partial charge in [-0.1, -0.05) is 29.8 Å². The summed E-state index contributed by atoms with van der Waals surface area (Å²) in [5.41, 5.74) is 6.00. The van der Waals surface area contributed by atoms with Gasteiger partial charge in [-0.25, -0.2) is 4.98 Å². The molecule has 3 aromatic heterocycles. The Bertz CT molecular complexity index is 1360. The third-order valence-corrected chi connectivity index (χ3v) is 5.82. The summed E-state index contributed by atoms with van der Waals surface area (Å²) in [5, 5.41) is 6.81. The third-order valence-electron chi connectivity index (χ3n) is 4.72. The number of nitrogens with one attached hydrogen (secondary N) is 1. The minimum Gasteiger partial charge on any atom is -0.365 e. The number of benzene rings is 1. The lowest BCUT2D eigenvalue weighted by Crippen LogP contribution is -2.17. The summed E-state index contributed by atoms with van der Waals surface area (Å²) >= 11 is 0.691. The first-order valence-electron chi connectivity index (χ1n) is 9.27. The number of aromatic nitrogens is 3. The zero-order valence-corrected chi connectivity index (χ0v) is 17.6. The van der Waals surface area contributed by atoms with Gasteiger partial charge >= 0.3 is 6.18 Å². The van der Waals surface area contributed by atoms with Crippen molar-refractivity contribution < 1.29 is 22.8 Å². The second-order valence-corrected chi connectivity index (χ2v) is 8.10. The Morgan fingerprint density at radius 2 is 1.84 bits per heavy atom. The fourth-order valence-electron chi connectivity index (χ4n) is 3.21. The topological polar surface area (TPSA) is 103 Å². The average molecular weight is 459 g/mol. The molecule has 0 aliphatic carbocycles. The minimum absolute atomic E-state index is 0.00459. The first-order valence-corrected chi connectivity index (χ1v) is 10.1. The van der Waals surface area contributed by atoms with Crippen LogP contribution < -0.4 is 11.1 Å². The summed E-state index contributed by atoms with van der Waals surface area (Å²) in [4.78, 5) is 28.4. The SMILES string of the molecule is Cc1ccc(-c2cc(C(F)(F)F)nc3sc(C(N)=O)c(NC(=O)c4ccn(C)n4)c23)cc1. The highest BCUT2D eigenvalue weighted by molar-refractivity contribution is 7.21. The highest BCUT2D eigenvalue weighted by atomic mass is 32.1. The number of rotatable bonds is 4. The van der Waals surface area contributed by atoms with Crippen molar-refractivity contribution in [2.24, 2.45) is 12.8 Å². The lowest BCUT2D eigenvalue weighted by molar-refractivity contribution is -0.140. The highest BCUT2D eigenvalue weighted by Gasteiger charge is 2.35. The Morgan fingerprint density at radius 3 is 2.41 bits per heavy atom. The van der Waals surface area contributed by atoms with Crippen LogP contribution in [0.5, 0.6) is 0 Å². The van der Waals surface area contributed by atoms with Crippen LogP contribution in [-0.4, -0.2) is 26.6 Å². The molecule has 7 nitrogen and oxygen atoms in total. The fraction of sp³-hybridized carbons (Fsp3) is 0.143. The van der Waals surface area contributed by atoms with Crippen LogP contribution >= 0.6 is 11.3 Å². The van der Waals surface area contributed by atoms with E-state index in [9.17, 15) is 22.8 Å². The molecule has 2 amide bonds. The lowest BCUT2D eigenvalue weighted by Gasteiger charge is -2.12. The number of alkyl halides is 3. The fourth-order valence-corrected chi connectivity index (χ4v) is 4.22. The molecule has 0 radical (unpaired) electrons. The molecular formula is C21H16F3N5O2S. The molecule has 0 spiro atoms. The zero-order chi connectivity index (χ0) is 23.2. The monoisotopic (exact) mass is 459 g/mol. The van der Waals surface area contributed by atoms with Gasteiger partial charge in [0.2, 0.25) is 0 Å². The van der Waals surface area contributed by atoms with E-state index in [-0.39, 0.29) is 32.0 Å². The molecule has 4 rings (SSSR count). The number of halogens is 3. The molecule has 3 N–H and O–H groups in total. The molecule has 32 heavy (non-hydrogen) atoms. The van der Waals surface area contributed by atoms with E-state index in [0.29, 0.717) is 16.9 Å². The zero-order valence-electron chi connectivity index (χ0n) is 16.8. The second kappa shape index (κ2) is 7.75. The van der Waals surface area contributed by atoms with Crippen LogP contribution in [0.3, 0.4) is 0 Å². The molecule has 1 aromatic carbocycles. The number of hydrogen-bond acceptors (Lipinski definition) is 5. The van der Waals surface area contributed by atoms with E-state index in [1.54, 1.807) is 37.5 Å². The van der Waals surface area contributed by atoms with Crippen LogP contribution in [0.2, 0.25) is 0 Å². The summed E-state index contributed by atoms with van der Waals surface area (Å²) in [5.74, 6) is -1.53. The van der Waals surface area contributed by atoms with Crippen molar-refractivity contribution in [2.75, 3.05) is 5.32 Å². The summed E-state index contributed by atoms with van der Waals surface area (Å²) < 4.78 is 42.1. The van der Waals surface area contributed by atoms with Gasteiger partial charge in [-0.2, -0.15) is 18.3 Å². The second-order valence-electron chi connectivity index (χ2n) is 7.10. The maximum atomic E-state index is 13.5. The smallest absolute Gasteiger partial charge is 0.365 e. The number of primary amides is 1. The predicted molar refractivity (Wildman–Crippen MR) is 114 cm³/mol. The molecule has 11 heteroatoms. The van der Waals surface area contributed by atoms with Crippen LogP contribution in [0.15, 0.2) is 42.6 Å². The normalized spacial score (nSPS) is 11.7. The van der Waals surface area contributed by atoms with Gasteiger partial charge in [-0.3, -0.25) is 14.3 Å². The van der Waals surface area contributed by atoms with Crippen molar-refractivity contribution in [2.45, 2.75) is 13.1 Å². The molecule has 164 valence electrons. The van der Waals surface area contributed by atoms with Gasteiger partial charge in [0.05, 0.1) is 5.69 Å². The Hall–Kier alpha value is -3.73. The molecule has 0 aliphatic heterocycles. The van der Waals surface area contributed by atoms with E-state index < -0.39 is 23.7 Å². The number of nitrogens with zero attached hydrogens (tertiary/aromatic N) is 3. The molecule has 0 aliphatic rings. The van der Waals surface area contributed by atoms with E-state index in [1.165, 1.54) is 10.7 Å². The third kappa shape index (κ3) is 3.94. The number of anilines is 1. The van der Waals surface area contributed by atoms with Gasteiger partial charge in [0, 0.05) is 18.6 Å². The minimum atomic E-state index is -4.71. The quantitative estimate of drug-likeness (QED) is 0.473. The number of nitrogens with two attached hydrogens (primary N) is 1. The largest absolute Gasteiger partial charge is 0.433 e. The van der Waals surface area contributed by atoms with Gasteiger partial charge in [0.25, 0.3) is 11.8 Å². The average Bonchev–Trinajstić information content (AvgIpc) is 3.31. The summed E-state index contributed by atoms with van der Waals surface area (Å²) in [7, 11) is 1.63. The first-order chi connectivity index (χ1) is 15.0. The van der Waals surface area contributed by atoms with E-state index in [0.717, 1.165) is 11.6 Å². The van der Waals surface area contributed by atoms with E-state index >= 15 is 0 Å². The predicted octanol–water partition coefficient (Wildman–Crippen LogP) is 4.38. The lowest BCUT2D eigenvalue weighted by atomic mass is 10.00. The molecular weight excluding hydrogens is 443 g/mol. The Balaban J connectivity index is 1.99. The number of amides is 2. The van der Waals surface area contributed by atoms with Crippen LogP contribution in [0.25, 0.3) is 21.3 Å². The Labute approximate surface area is 183 Å². The number of carbonyl (C=O) groups is 2. The summed E-state index contributed by atoms with van der Waals surface area (Å²) in [6.07, 6.45) is -3.15. The summed E-state index contributed by atoms with van der Waals surface area (Å²) in [6.45, 7) is 1.85. The van der Waals surface area contributed by atoms with Gasteiger partial charge < -0.3 is 11.1 Å². The number of hydrogen-bond donors (Lipinski definition) is 2. The Morgan fingerprint density at radius 1 is 1.16 bits per heavy atom. The van der Waals surface area contributed by atoms with Crippen molar-refractivity contribution in [1.82, 2.24) is 14.8 Å². The van der Waals surface area contributed by atoms with Crippen LogP contribution in [-0.2, 0) is 13.2 Å². The molecule has 4 aromatic rings. The molecule has 3 heterocycles. The number of fused-ring (bicyclic) bond motifs is 1. The van der Waals surface area contributed by atoms with Gasteiger partial charge in [0.15, 0.2) is 5.69 Å². The molecule has 0 bridgehead atoms. The molecule has 0 saturated heterocycles. The molecule has 0 fully saturated rings. The molecule has 0 atom stereocenters. The maximum Gasteiger partial charge on any atom is 0.433 e. The van der Waals surface area contributed by atoms with Crippen LogP contribution in [0.4, 0.5) is 18.9 Å². The summed E-state index contributed by atoms with van der Waals surface area (Å²) in [6, 6.07) is 9.20. The number of carbonyl (C=O) groups excluding carboxylic acids is 2. The number of aryl methyl sites for hydroxylation is 2. The maximum absolute atomic E-state index is 13.5. The molecule has 0 saturated carbocycles. The van der Waals surface area contributed by atoms with E-state index in [4.69, 9.17) is 5.73 Å². The molecule has 0 unspecified atom stereocenters.